The molecule has 4 rings (SSSR count). The van der Waals surface area contributed by atoms with Gasteiger partial charge in [0.2, 0.25) is 0 Å². The van der Waals surface area contributed by atoms with Crippen molar-refractivity contribution in [1.82, 2.24) is 0 Å². The number of aliphatic hydroxyl groups is 1. The molecule has 36 heavy (non-hydrogen) atoms. The number of ether oxygens (including phenoxy) is 2. The second kappa shape index (κ2) is 11.1. The number of anilines is 1. The number of hydrogen-bond donors (Lipinski definition) is 2. The van der Waals surface area contributed by atoms with E-state index < -0.39 is 16.1 Å². The summed E-state index contributed by atoms with van der Waals surface area (Å²) in [5, 5.41) is 22.1. The molecule has 7 nitrogen and oxygen atoms in total. The number of hydrogen-bond acceptors (Lipinski definition) is 6. The molecule has 0 aliphatic heterocycles. The Bertz CT molecular complexity index is 1530. The van der Waals surface area contributed by atoms with Gasteiger partial charge < -0.3 is 14.6 Å². The van der Waals surface area contributed by atoms with Crippen LogP contribution in [0, 0.1) is 11.3 Å². The first kappa shape index (κ1) is 25.7. The van der Waals surface area contributed by atoms with Crippen molar-refractivity contribution in [2.45, 2.75) is 17.4 Å². The zero-order chi connectivity index (χ0) is 25.7. The predicted molar refractivity (Wildman–Crippen MR) is 141 cm³/mol. The molecule has 0 amide bonds. The van der Waals surface area contributed by atoms with E-state index in [9.17, 15) is 18.8 Å². The van der Waals surface area contributed by atoms with Gasteiger partial charge in [-0.15, -0.1) is 0 Å². The summed E-state index contributed by atoms with van der Waals surface area (Å²) in [4.78, 5) is 0.111. The average Bonchev–Trinajstić information content (AvgIpc) is 2.88. The number of nitriles is 1. The zero-order valence-corrected chi connectivity index (χ0v) is 21.7. The number of aliphatic hydroxyl groups excluding tert-OH is 1. The van der Waals surface area contributed by atoms with Crippen molar-refractivity contribution in [2.75, 3.05) is 18.6 Å². The van der Waals surface area contributed by atoms with Gasteiger partial charge >= 0.3 is 0 Å². The Hall–Kier alpha value is -3.42. The Morgan fingerprint density at radius 3 is 2.47 bits per heavy atom. The Labute approximate surface area is 218 Å². The number of benzene rings is 4. The number of nitrogens with one attached hydrogen (secondary N) is 1. The molecule has 4 aromatic rings. The van der Waals surface area contributed by atoms with E-state index in [1.165, 1.54) is 19.2 Å². The minimum absolute atomic E-state index is 0.0257. The van der Waals surface area contributed by atoms with Crippen LogP contribution in [0.25, 0.3) is 10.8 Å². The van der Waals surface area contributed by atoms with Crippen LogP contribution in [0.15, 0.2) is 88.2 Å². The standard InChI is InChI=1S/C27H23BrN2O5S/c1-34-17-35-24-8-11-26(30-36(32,33)25-9-6-23(28)7-10-25)22(14-24)15-27(31)20-5-4-19-3-2-18(16-29)12-21(19)13-20/h2-14,27,30-31H,15,17H2,1H3. The first-order valence-corrected chi connectivity index (χ1v) is 13.2. The summed E-state index contributed by atoms with van der Waals surface area (Å²) >= 11 is 3.31. The Balaban J connectivity index is 1.66. The third kappa shape index (κ3) is 6.04. The van der Waals surface area contributed by atoms with Crippen LogP contribution < -0.4 is 9.46 Å². The van der Waals surface area contributed by atoms with E-state index in [4.69, 9.17) is 9.47 Å². The van der Waals surface area contributed by atoms with Crippen LogP contribution in [0.1, 0.15) is 22.8 Å². The van der Waals surface area contributed by atoms with E-state index >= 15 is 0 Å². The SMILES string of the molecule is COCOc1ccc(NS(=O)(=O)c2ccc(Br)cc2)c(CC(O)c2ccc3ccc(C#N)cc3c2)c1. The van der Waals surface area contributed by atoms with Gasteiger partial charge in [0.25, 0.3) is 10.0 Å². The Morgan fingerprint density at radius 2 is 1.75 bits per heavy atom. The van der Waals surface area contributed by atoms with Crippen LogP contribution in [-0.2, 0) is 21.2 Å². The van der Waals surface area contributed by atoms with Gasteiger partial charge in [0.15, 0.2) is 6.79 Å². The number of halogens is 1. The fraction of sp³-hybridized carbons (Fsp3) is 0.148. The van der Waals surface area contributed by atoms with Gasteiger partial charge in [-0.3, -0.25) is 4.72 Å². The second-order valence-electron chi connectivity index (χ2n) is 8.08. The number of methoxy groups -OCH3 is 1. The maximum Gasteiger partial charge on any atom is 0.261 e. The minimum atomic E-state index is -3.87. The van der Waals surface area contributed by atoms with Crippen LogP contribution in [0.2, 0.25) is 0 Å². The molecule has 1 atom stereocenters. The van der Waals surface area contributed by atoms with E-state index in [1.54, 1.807) is 42.5 Å². The van der Waals surface area contributed by atoms with Gasteiger partial charge in [-0.2, -0.15) is 5.26 Å². The fourth-order valence-electron chi connectivity index (χ4n) is 3.74. The predicted octanol–water partition coefficient (Wildman–Crippen LogP) is 5.53. The van der Waals surface area contributed by atoms with Gasteiger partial charge in [-0.05, 0) is 82.6 Å². The van der Waals surface area contributed by atoms with E-state index in [1.807, 2.05) is 24.3 Å². The molecular formula is C27H23BrN2O5S. The molecule has 0 radical (unpaired) electrons. The lowest BCUT2D eigenvalue weighted by molar-refractivity contribution is 0.0510. The topological polar surface area (TPSA) is 109 Å². The number of fused-ring (bicyclic) bond motifs is 1. The van der Waals surface area contributed by atoms with Crippen LogP contribution in [-0.4, -0.2) is 27.4 Å². The van der Waals surface area contributed by atoms with E-state index in [0.29, 0.717) is 28.1 Å². The molecule has 0 saturated carbocycles. The van der Waals surface area contributed by atoms with Crippen molar-refractivity contribution in [2.24, 2.45) is 0 Å². The van der Waals surface area contributed by atoms with Gasteiger partial charge in [-0.1, -0.05) is 34.1 Å². The highest BCUT2D eigenvalue weighted by Crippen LogP contribution is 2.31. The van der Waals surface area contributed by atoms with Gasteiger partial charge in [0.05, 0.1) is 28.3 Å². The van der Waals surface area contributed by atoms with E-state index in [2.05, 4.69) is 26.7 Å². The molecule has 9 heteroatoms. The largest absolute Gasteiger partial charge is 0.468 e. The molecule has 0 spiro atoms. The normalized spacial score (nSPS) is 12.2. The first-order chi connectivity index (χ1) is 17.3. The maximum atomic E-state index is 13.0. The number of sulfonamides is 1. The molecule has 0 aliphatic carbocycles. The molecule has 2 N–H and O–H groups in total. The van der Waals surface area contributed by atoms with Crippen LogP contribution in [0.5, 0.6) is 5.75 Å². The van der Waals surface area contributed by atoms with Crippen LogP contribution in [0.3, 0.4) is 0 Å². The van der Waals surface area contributed by atoms with Crippen molar-refractivity contribution in [3.8, 4) is 11.8 Å². The Kier molecular flexibility index (Phi) is 7.91. The molecule has 0 aliphatic rings. The highest BCUT2D eigenvalue weighted by Gasteiger charge is 2.19. The minimum Gasteiger partial charge on any atom is -0.468 e. The summed E-state index contributed by atoms with van der Waals surface area (Å²) in [6.07, 6.45) is -0.819. The second-order valence-corrected chi connectivity index (χ2v) is 10.7. The zero-order valence-electron chi connectivity index (χ0n) is 19.3. The number of nitrogens with zero attached hydrogens (tertiary/aromatic N) is 1. The van der Waals surface area contributed by atoms with Crippen LogP contribution in [0.4, 0.5) is 5.69 Å². The quantitative estimate of drug-likeness (QED) is 0.258. The lowest BCUT2D eigenvalue weighted by Crippen LogP contribution is -2.15. The molecule has 4 aromatic carbocycles. The summed E-state index contributed by atoms with van der Waals surface area (Å²) in [7, 11) is -2.37. The third-order valence-corrected chi connectivity index (χ3v) is 7.49. The van der Waals surface area contributed by atoms with Crippen molar-refractivity contribution in [1.29, 1.82) is 5.26 Å². The molecular weight excluding hydrogens is 544 g/mol. The third-order valence-electron chi connectivity index (χ3n) is 5.58. The highest BCUT2D eigenvalue weighted by molar-refractivity contribution is 9.10. The first-order valence-electron chi connectivity index (χ1n) is 10.9. The van der Waals surface area contributed by atoms with Crippen molar-refractivity contribution in [3.63, 3.8) is 0 Å². The lowest BCUT2D eigenvalue weighted by Gasteiger charge is -2.18. The van der Waals surface area contributed by atoms with Gasteiger partial charge in [0, 0.05) is 18.0 Å². The molecule has 0 fully saturated rings. The summed E-state index contributed by atoms with van der Waals surface area (Å²) < 4.78 is 39.9. The summed E-state index contributed by atoms with van der Waals surface area (Å²) in [6, 6.07) is 24.2. The van der Waals surface area contributed by atoms with Gasteiger partial charge in [0.1, 0.15) is 5.75 Å². The molecule has 0 saturated heterocycles. The number of rotatable bonds is 9. The van der Waals surface area contributed by atoms with Crippen molar-refractivity contribution in [3.05, 3.63) is 100 Å². The van der Waals surface area contributed by atoms with E-state index in [-0.39, 0.29) is 18.1 Å². The Morgan fingerprint density at radius 1 is 1.00 bits per heavy atom. The molecule has 1 unspecified atom stereocenters. The smallest absolute Gasteiger partial charge is 0.261 e. The average molecular weight is 567 g/mol. The van der Waals surface area contributed by atoms with Crippen molar-refractivity contribution >= 4 is 42.4 Å². The van der Waals surface area contributed by atoms with E-state index in [0.717, 1.165) is 15.2 Å². The molecule has 0 aromatic heterocycles. The molecule has 0 heterocycles. The van der Waals surface area contributed by atoms with Crippen LogP contribution >= 0.6 is 15.9 Å². The molecule has 184 valence electrons. The summed E-state index contributed by atoms with van der Waals surface area (Å²) in [5.74, 6) is 0.475. The monoisotopic (exact) mass is 566 g/mol. The molecule has 0 bridgehead atoms. The van der Waals surface area contributed by atoms with Gasteiger partial charge in [-0.25, -0.2) is 8.42 Å². The summed E-state index contributed by atoms with van der Waals surface area (Å²) in [5.41, 5.74) is 2.04. The highest BCUT2D eigenvalue weighted by atomic mass is 79.9. The maximum absolute atomic E-state index is 13.0. The van der Waals surface area contributed by atoms with Crippen molar-refractivity contribution < 1.29 is 23.0 Å². The lowest BCUT2D eigenvalue weighted by atomic mass is 9.97. The fourth-order valence-corrected chi connectivity index (χ4v) is 5.11. The summed E-state index contributed by atoms with van der Waals surface area (Å²) in [6.45, 7) is 0.0257.